The van der Waals surface area contributed by atoms with Crippen LogP contribution in [-0.2, 0) is 0 Å². The smallest absolute Gasteiger partial charge is 0.160 e. The largest absolute Gasteiger partial charge is 0.397 e. The highest BCUT2D eigenvalue weighted by Crippen LogP contribution is 2.31. The minimum absolute atomic E-state index is 0.620. The Balaban J connectivity index is 2.05. The van der Waals surface area contributed by atoms with Gasteiger partial charge in [-0.05, 0) is 41.2 Å². The molecule has 0 bridgehead atoms. The van der Waals surface area contributed by atoms with E-state index >= 15 is 0 Å². The van der Waals surface area contributed by atoms with Gasteiger partial charge in [0.2, 0.25) is 0 Å². The maximum atomic E-state index is 5.85. The molecule has 0 spiro atoms. The zero-order valence-corrected chi connectivity index (χ0v) is 9.89. The number of hydrogen-bond donors (Lipinski definition) is 1. The Morgan fingerprint density at radius 3 is 3.00 bits per heavy atom. The van der Waals surface area contributed by atoms with Crippen molar-refractivity contribution in [3.8, 4) is 0 Å². The van der Waals surface area contributed by atoms with Gasteiger partial charge in [-0.2, -0.15) is 0 Å². The predicted octanol–water partition coefficient (Wildman–Crippen LogP) is 2.04. The zero-order chi connectivity index (χ0) is 11.8. The molecule has 17 heavy (non-hydrogen) atoms. The summed E-state index contributed by atoms with van der Waals surface area (Å²) in [6.07, 6.45) is 2.52. The molecule has 2 aromatic rings. The average molecular weight is 232 g/mol. The van der Waals surface area contributed by atoms with E-state index in [4.69, 9.17) is 10.4 Å². The average Bonchev–Trinajstić information content (AvgIpc) is 2.79. The molecule has 1 unspecified atom stereocenters. The summed E-state index contributed by atoms with van der Waals surface area (Å²) >= 11 is 0. The number of piperidine rings is 1. The Bertz CT molecular complexity index is 536. The molecule has 1 saturated heterocycles. The molecule has 2 heterocycles. The Morgan fingerprint density at radius 2 is 2.18 bits per heavy atom. The number of aromatic nitrogens is 2. The van der Waals surface area contributed by atoms with Crippen molar-refractivity contribution < 1.29 is 4.63 Å². The molecule has 1 atom stereocenters. The monoisotopic (exact) mass is 232 g/mol. The van der Waals surface area contributed by atoms with Crippen molar-refractivity contribution in [1.29, 1.82) is 0 Å². The maximum Gasteiger partial charge on any atom is 0.160 e. The number of nitrogens with two attached hydrogens (primary N) is 1. The van der Waals surface area contributed by atoms with Crippen LogP contribution in [0.5, 0.6) is 0 Å². The molecule has 0 saturated carbocycles. The topological polar surface area (TPSA) is 68.2 Å². The Labute approximate surface area is 99.5 Å². The minimum atomic E-state index is 0.620. The van der Waals surface area contributed by atoms with Crippen LogP contribution in [0.1, 0.15) is 19.8 Å². The lowest BCUT2D eigenvalue weighted by Gasteiger charge is -2.32. The fourth-order valence-electron chi connectivity index (χ4n) is 2.54. The van der Waals surface area contributed by atoms with Gasteiger partial charge in [0.05, 0.1) is 11.4 Å². The third-order valence-corrected chi connectivity index (χ3v) is 3.42. The van der Waals surface area contributed by atoms with E-state index in [1.54, 1.807) is 0 Å². The fraction of sp³-hybridized carbons (Fsp3) is 0.500. The van der Waals surface area contributed by atoms with E-state index in [0.717, 1.165) is 30.2 Å². The lowest BCUT2D eigenvalue weighted by Crippen LogP contribution is -2.34. The zero-order valence-electron chi connectivity index (χ0n) is 9.89. The summed E-state index contributed by atoms with van der Waals surface area (Å²) in [5, 5.41) is 7.83. The van der Waals surface area contributed by atoms with Crippen LogP contribution in [0.25, 0.3) is 11.0 Å². The van der Waals surface area contributed by atoms with Crippen LogP contribution in [-0.4, -0.2) is 23.4 Å². The Morgan fingerprint density at radius 1 is 1.35 bits per heavy atom. The molecule has 1 aliphatic heterocycles. The van der Waals surface area contributed by atoms with Gasteiger partial charge in [0.15, 0.2) is 11.0 Å². The van der Waals surface area contributed by atoms with E-state index in [1.165, 1.54) is 12.8 Å². The molecule has 0 aliphatic carbocycles. The summed E-state index contributed by atoms with van der Waals surface area (Å²) in [5.74, 6) is 0.719. The highest BCUT2D eigenvalue weighted by atomic mass is 16.6. The van der Waals surface area contributed by atoms with Crippen molar-refractivity contribution in [2.75, 3.05) is 23.7 Å². The summed E-state index contributed by atoms with van der Waals surface area (Å²) in [7, 11) is 0. The number of fused-ring (bicyclic) bond motifs is 1. The quantitative estimate of drug-likeness (QED) is 0.762. The third kappa shape index (κ3) is 1.71. The second kappa shape index (κ2) is 3.91. The molecule has 5 heteroatoms. The van der Waals surface area contributed by atoms with Gasteiger partial charge >= 0.3 is 0 Å². The normalized spacial score (nSPS) is 21.0. The lowest BCUT2D eigenvalue weighted by atomic mass is 9.99. The van der Waals surface area contributed by atoms with E-state index < -0.39 is 0 Å². The van der Waals surface area contributed by atoms with Gasteiger partial charge in [-0.25, -0.2) is 4.63 Å². The number of nitrogens with zero attached hydrogens (tertiary/aromatic N) is 3. The summed E-state index contributed by atoms with van der Waals surface area (Å²) in [5.41, 5.74) is 9.00. The lowest BCUT2D eigenvalue weighted by molar-refractivity contribution is 0.315. The number of nitrogen functional groups attached to an aromatic ring is 1. The van der Waals surface area contributed by atoms with Crippen LogP contribution in [0.3, 0.4) is 0 Å². The molecule has 5 nitrogen and oxygen atoms in total. The van der Waals surface area contributed by atoms with Gasteiger partial charge in [-0.1, -0.05) is 6.92 Å². The fourth-order valence-corrected chi connectivity index (χ4v) is 2.54. The van der Waals surface area contributed by atoms with E-state index in [9.17, 15) is 0 Å². The summed E-state index contributed by atoms with van der Waals surface area (Å²) in [6, 6.07) is 3.89. The second-order valence-corrected chi connectivity index (χ2v) is 4.83. The van der Waals surface area contributed by atoms with Crippen LogP contribution >= 0.6 is 0 Å². The van der Waals surface area contributed by atoms with Crippen molar-refractivity contribution in [2.45, 2.75) is 19.8 Å². The van der Waals surface area contributed by atoms with Gasteiger partial charge in [0.25, 0.3) is 0 Å². The molecular weight excluding hydrogens is 216 g/mol. The van der Waals surface area contributed by atoms with Crippen molar-refractivity contribution in [2.24, 2.45) is 5.92 Å². The summed E-state index contributed by atoms with van der Waals surface area (Å²) < 4.78 is 4.80. The highest BCUT2D eigenvalue weighted by molar-refractivity contribution is 5.95. The Hall–Kier alpha value is -1.78. The molecular formula is C12H16N4O. The van der Waals surface area contributed by atoms with Gasteiger partial charge in [0.1, 0.15) is 0 Å². The van der Waals surface area contributed by atoms with Crippen LogP contribution in [0.2, 0.25) is 0 Å². The third-order valence-electron chi connectivity index (χ3n) is 3.42. The number of hydrogen-bond acceptors (Lipinski definition) is 5. The maximum absolute atomic E-state index is 5.85. The van der Waals surface area contributed by atoms with Crippen molar-refractivity contribution in [3.63, 3.8) is 0 Å². The predicted molar refractivity (Wildman–Crippen MR) is 66.8 cm³/mol. The van der Waals surface area contributed by atoms with Crippen LogP contribution in [0.15, 0.2) is 16.8 Å². The first-order valence-electron chi connectivity index (χ1n) is 6.01. The minimum Gasteiger partial charge on any atom is -0.397 e. The van der Waals surface area contributed by atoms with Crippen LogP contribution < -0.4 is 10.6 Å². The number of benzene rings is 1. The van der Waals surface area contributed by atoms with E-state index in [1.807, 2.05) is 12.1 Å². The molecule has 0 radical (unpaired) electrons. The van der Waals surface area contributed by atoms with Gasteiger partial charge in [-0.15, -0.1) is 0 Å². The molecule has 1 fully saturated rings. The summed E-state index contributed by atoms with van der Waals surface area (Å²) in [6.45, 7) is 4.41. The first-order chi connectivity index (χ1) is 8.25. The number of rotatable bonds is 1. The van der Waals surface area contributed by atoms with Crippen LogP contribution in [0, 0.1) is 5.92 Å². The van der Waals surface area contributed by atoms with E-state index in [-0.39, 0.29) is 0 Å². The SMILES string of the molecule is CC1CCCN(c2ccc(N)c3nonc23)C1. The molecule has 0 amide bonds. The molecule has 1 aliphatic rings. The van der Waals surface area contributed by atoms with Crippen LogP contribution in [0.4, 0.5) is 11.4 Å². The van der Waals surface area contributed by atoms with Crippen molar-refractivity contribution in [1.82, 2.24) is 10.3 Å². The van der Waals surface area contributed by atoms with Gasteiger partial charge in [0, 0.05) is 13.1 Å². The Kier molecular flexibility index (Phi) is 2.39. The highest BCUT2D eigenvalue weighted by Gasteiger charge is 2.20. The standard InChI is InChI=1S/C12H16N4O/c1-8-3-2-6-16(7-8)10-5-4-9(13)11-12(10)15-17-14-11/h4-5,8H,2-3,6-7,13H2,1H3. The molecule has 3 rings (SSSR count). The van der Waals surface area contributed by atoms with Crippen molar-refractivity contribution >= 4 is 22.4 Å². The first kappa shape index (κ1) is 10.4. The van der Waals surface area contributed by atoms with E-state index in [0.29, 0.717) is 11.2 Å². The molecule has 1 aromatic carbocycles. The molecule has 1 aromatic heterocycles. The van der Waals surface area contributed by atoms with Gasteiger partial charge < -0.3 is 10.6 Å². The second-order valence-electron chi connectivity index (χ2n) is 4.83. The summed E-state index contributed by atoms with van der Waals surface area (Å²) in [4.78, 5) is 2.35. The van der Waals surface area contributed by atoms with E-state index in [2.05, 4.69) is 22.1 Å². The van der Waals surface area contributed by atoms with Crippen molar-refractivity contribution in [3.05, 3.63) is 12.1 Å². The number of anilines is 2. The van der Waals surface area contributed by atoms with Gasteiger partial charge in [-0.3, -0.25) is 0 Å². The molecule has 2 N–H and O–H groups in total. The first-order valence-corrected chi connectivity index (χ1v) is 6.01. The molecule has 90 valence electrons.